The monoisotopic (exact) mass is 597 g/mol. The summed E-state index contributed by atoms with van der Waals surface area (Å²) in [6.45, 7) is 5.96. The average Bonchev–Trinajstić information content (AvgIpc) is 3.70. The van der Waals surface area contributed by atoms with Crippen LogP contribution < -0.4 is 14.4 Å². The highest BCUT2D eigenvalue weighted by molar-refractivity contribution is 8.00. The highest BCUT2D eigenvalue weighted by Crippen LogP contribution is 2.45. The van der Waals surface area contributed by atoms with Gasteiger partial charge in [0.1, 0.15) is 30.0 Å². The minimum atomic E-state index is -0.944. The number of anilines is 1. The summed E-state index contributed by atoms with van der Waals surface area (Å²) in [4.78, 5) is 28.6. The molecular formula is C32H27N3O5S2. The quantitative estimate of drug-likeness (QED) is 0.0595. The predicted molar refractivity (Wildman–Crippen MR) is 163 cm³/mol. The summed E-state index contributed by atoms with van der Waals surface area (Å²) in [5.74, 6) is 0.127. The fourth-order valence-electron chi connectivity index (χ4n) is 5.08. The minimum Gasteiger partial charge on any atom is -0.507 e. The van der Waals surface area contributed by atoms with Crippen LogP contribution in [-0.4, -0.2) is 39.7 Å². The Morgan fingerprint density at radius 2 is 1.98 bits per heavy atom. The molecule has 1 N–H and O–H groups in total. The molecule has 10 heteroatoms. The van der Waals surface area contributed by atoms with Crippen molar-refractivity contribution in [1.29, 1.82) is 0 Å². The Balaban J connectivity index is 1.41. The third kappa shape index (κ3) is 5.43. The highest BCUT2D eigenvalue weighted by Gasteiger charge is 2.48. The molecule has 2 aliphatic heterocycles. The van der Waals surface area contributed by atoms with Gasteiger partial charge in [0, 0.05) is 17.7 Å². The number of ether oxygens (including phenoxy) is 2. The molecule has 6 rings (SSSR count). The number of hydrogen-bond acceptors (Lipinski definition) is 9. The molecule has 8 nitrogen and oxygen atoms in total. The smallest absolute Gasteiger partial charge is 0.301 e. The van der Waals surface area contributed by atoms with Gasteiger partial charge < -0.3 is 14.6 Å². The normalized spacial score (nSPS) is 19.0. The van der Waals surface area contributed by atoms with Gasteiger partial charge in [0.2, 0.25) is 5.13 Å². The lowest BCUT2D eigenvalue weighted by Crippen LogP contribution is -2.29. The maximum absolute atomic E-state index is 13.6. The van der Waals surface area contributed by atoms with Gasteiger partial charge in [-0.2, -0.15) is 0 Å². The van der Waals surface area contributed by atoms with Gasteiger partial charge in [0.25, 0.3) is 5.78 Å². The Bertz CT molecular complexity index is 1700. The maximum Gasteiger partial charge on any atom is 0.301 e. The lowest BCUT2D eigenvalue weighted by atomic mass is 9.94. The number of nitrogens with zero attached hydrogens (tertiary/aromatic N) is 3. The molecule has 1 saturated heterocycles. The zero-order chi connectivity index (χ0) is 29.2. The van der Waals surface area contributed by atoms with Crippen LogP contribution in [0.4, 0.5) is 5.13 Å². The molecule has 4 aromatic rings. The molecule has 3 aromatic carbocycles. The van der Waals surface area contributed by atoms with E-state index in [1.165, 1.54) is 28.0 Å². The first-order chi connectivity index (χ1) is 20.4. The molecule has 2 atom stereocenters. The van der Waals surface area contributed by atoms with Crippen LogP contribution in [0.3, 0.4) is 0 Å². The van der Waals surface area contributed by atoms with Gasteiger partial charge in [-0.1, -0.05) is 78.2 Å². The number of aromatic nitrogens is 2. The van der Waals surface area contributed by atoms with Crippen LogP contribution in [0, 0.1) is 0 Å². The van der Waals surface area contributed by atoms with Crippen molar-refractivity contribution in [2.24, 2.45) is 0 Å². The molecule has 0 bridgehead atoms. The van der Waals surface area contributed by atoms with Crippen molar-refractivity contribution in [3.63, 3.8) is 0 Å². The largest absolute Gasteiger partial charge is 0.507 e. The van der Waals surface area contributed by atoms with Gasteiger partial charge in [-0.05, 0) is 53.9 Å². The third-order valence-corrected chi connectivity index (χ3v) is 9.09. The first-order valence-corrected chi connectivity index (χ1v) is 15.2. The zero-order valence-electron chi connectivity index (χ0n) is 22.7. The summed E-state index contributed by atoms with van der Waals surface area (Å²) >= 11 is 2.72. The van der Waals surface area contributed by atoms with E-state index in [-0.39, 0.29) is 29.2 Å². The van der Waals surface area contributed by atoms with Crippen LogP contribution in [0.1, 0.15) is 35.2 Å². The van der Waals surface area contributed by atoms with Gasteiger partial charge in [-0.15, -0.1) is 10.2 Å². The van der Waals surface area contributed by atoms with Crippen LogP contribution in [0.25, 0.3) is 5.76 Å². The SMILES string of the molecule is C=CCOc1cccc([C@@H]2C(=C(O)c3ccc4c(c3)C[C@@H](C)O4)C(=O)C(=O)N2c2nnc(SCc3ccccc3)s2)c1. The van der Waals surface area contributed by atoms with E-state index < -0.39 is 17.7 Å². The number of fused-ring (bicyclic) bond motifs is 1. The maximum atomic E-state index is 13.6. The average molecular weight is 598 g/mol. The van der Waals surface area contributed by atoms with Gasteiger partial charge in [0.15, 0.2) is 4.34 Å². The number of hydrogen-bond donors (Lipinski definition) is 1. The van der Waals surface area contributed by atoms with Crippen molar-refractivity contribution in [3.8, 4) is 11.5 Å². The fourth-order valence-corrected chi connectivity index (χ4v) is 6.90. The standard InChI is InChI=1S/C32H27N3O5S2/c1-3-14-39-24-11-7-10-21(17-24)27-26(28(36)22-12-13-25-23(16-22)15-19(2)40-25)29(37)30(38)35(27)31-33-34-32(42-31)41-18-20-8-5-4-6-9-20/h3-13,16-17,19,27,36H,1,14-15,18H2,2H3/t19-,27-/m1/s1. The van der Waals surface area contributed by atoms with E-state index in [1.807, 2.05) is 43.3 Å². The van der Waals surface area contributed by atoms with Crippen LogP contribution in [0.5, 0.6) is 11.5 Å². The molecule has 1 amide bonds. The first-order valence-electron chi connectivity index (χ1n) is 13.4. The number of aliphatic hydroxyl groups excluding tert-OH is 1. The number of amides is 1. The Hall–Kier alpha value is -4.41. The molecular weight excluding hydrogens is 571 g/mol. The Labute approximate surface area is 251 Å². The van der Waals surface area contributed by atoms with E-state index in [4.69, 9.17) is 9.47 Å². The molecule has 212 valence electrons. The molecule has 1 aromatic heterocycles. The van der Waals surface area contributed by atoms with E-state index in [0.717, 1.165) is 16.9 Å². The Morgan fingerprint density at radius 1 is 1.14 bits per heavy atom. The number of Topliss-reactive ketones (excluding diaryl/α,β-unsaturated/α-hetero) is 1. The van der Waals surface area contributed by atoms with Gasteiger partial charge in [0.05, 0.1) is 11.6 Å². The van der Waals surface area contributed by atoms with E-state index >= 15 is 0 Å². The van der Waals surface area contributed by atoms with Crippen molar-refractivity contribution in [2.45, 2.75) is 35.6 Å². The van der Waals surface area contributed by atoms with Crippen LogP contribution in [0.2, 0.25) is 0 Å². The van der Waals surface area contributed by atoms with E-state index in [9.17, 15) is 14.7 Å². The van der Waals surface area contributed by atoms with E-state index in [2.05, 4.69) is 16.8 Å². The van der Waals surface area contributed by atoms with Gasteiger partial charge in [-0.3, -0.25) is 14.5 Å². The summed E-state index contributed by atoms with van der Waals surface area (Å²) in [6, 6.07) is 21.4. The highest BCUT2D eigenvalue weighted by atomic mass is 32.2. The number of ketones is 1. The molecule has 0 spiro atoms. The lowest BCUT2D eigenvalue weighted by molar-refractivity contribution is -0.132. The number of carbonyl (C=O) groups is 2. The number of carbonyl (C=O) groups excluding carboxylic acids is 2. The predicted octanol–water partition coefficient (Wildman–Crippen LogP) is 6.34. The molecule has 1 fully saturated rings. The summed E-state index contributed by atoms with van der Waals surface area (Å²) < 4.78 is 12.2. The molecule has 2 aliphatic rings. The summed E-state index contributed by atoms with van der Waals surface area (Å²) in [7, 11) is 0. The van der Waals surface area contributed by atoms with Crippen LogP contribution >= 0.6 is 23.1 Å². The molecule has 0 saturated carbocycles. The van der Waals surface area contributed by atoms with Gasteiger partial charge >= 0.3 is 5.91 Å². The van der Waals surface area contributed by atoms with Crippen molar-refractivity contribution in [3.05, 3.63) is 113 Å². The molecule has 0 unspecified atom stereocenters. The topological polar surface area (TPSA) is 102 Å². The number of benzene rings is 3. The summed E-state index contributed by atoms with van der Waals surface area (Å²) in [5, 5.41) is 20.4. The number of aliphatic hydroxyl groups is 1. The summed E-state index contributed by atoms with van der Waals surface area (Å²) in [5.41, 5.74) is 3.06. The minimum absolute atomic E-state index is 0.0210. The van der Waals surface area contributed by atoms with Crippen LogP contribution in [-0.2, 0) is 21.8 Å². The molecule has 3 heterocycles. The lowest BCUT2D eigenvalue weighted by Gasteiger charge is -2.23. The second-order valence-corrected chi connectivity index (χ2v) is 12.1. The molecule has 0 aliphatic carbocycles. The van der Waals surface area contributed by atoms with Crippen molar-refractivity contribution >= 4 is 45.7 Å². The van der Waals surface area contributed by atoms with Crippen LogP contribution in [0.15, 0.2) is 95.4 Å². The second kappa shape index (κ2) is 11.8. The fraction of sp³-hybridized carbons (Fsp3) is 0.188. The molecule has 42 heavy (non-hydrogen) atoms. The van der Waals surface area contributed by atoms with Crippen molar-refractivity contribution < 1.29 is 24.2 Å². The second-order valence-electron chi connectivity index (χ2n) is 9.92. The molecule has 0 radical (unpaired) electrons. The van der Waals surface area contributed by atoms with Gasteiger partial charge in [-0.25, -0.2) is 0 Å². The van der Waals surface area contributed by atoms with Crippen molar-refractivity contribution in [1.82, 2.24) is 10.2 Å². The zero-order valence-corrected chi connectivity index (χ0v) is 24.4. The first kappa shape index (κ1) is 27.7. The Kier molecular flexibility index (Phi) is 7.82. The number of thioether (sulfide) groups is 1. The van der Waals surface area contributed by atoms with Crippen molar-refractivity contribution in [2.75, 3.05) is 11.5 Å². The Morgan fingerprint density at radius 3 is 2.79 bits per heavy atom. The van der Waals surface area contributed by atoms with E-state index in [1.54, 1.807) is 42.5 Å². The van der Waals surface area contributed by atoms with E-state index in [0.29, 0.717) is 33.4 Å². The number of rotatable bonds is 9. The third-order valence-electron chi connectivity index (χ3n) is 6.96. The summed E-state index contributed by atoms with van der Waals surface area (Å²) in [6.07, 6.45) is 2.34.